The van der Waals surface area contributed by atoms with E-state index in [2.05, 4.69) is 10.9 Å². The standard InChI is InChI=1S/C3H5N2O/c6-3-1-2-4-5-3/h4H,1-2H2. The Hall–Kier alpha value is -0.570. The molecule has 1 amide bonds. The van der Waals surface area contributed by atoms with Crippen molar-refractivity contribution < 1.29 is 4.79 Å². The van der Waals surface area contributed by atoms with E-state index in [-0.39, 0.29) is 5.91 Å². The van der Waals surface area contributed by atoms with Crippen molar-refractivity contribution in [3.63, 3.8) is 0 Å². The first kappa shape index (κ1) is 3.61. The van der Waals surface area contributed by atoms with Crippen molar-refractivity contribution in [2.45, 2.75) is 6.42 Å². The third-order valence-corrected chi connectivity index (χ3v) is 0.654. The lowest BCUT2D eigenvalue weighted by Gasteiger charge is -1.76. The Morgan fingerprint density at radius 2 is 2.67 bits per heavy atom. The number of hydrogen-bond donors (Lipinski definition) is 1. The predicted molar refractivity (Wildman–Crippen MR) is 19.8 cm³/mol. The molecule has 1 aliphatic heterocycles. The van der Waals surface area contributed by atoms with Gasteiger partial charge in [-0.15, -0.1) is 0 Å². The van der Waals surface area contributed by atoms with Crippen LogP contribution in [-0.4, -0.2) is 12.5 Å². The zero-order valence-electron chi connectivity index (χ0n) is 3.27. The normalized spacial score (nSPS) is 21.0. The zero-order chi connectivity index (χ0) is 4.41. The predicted octanol–water partition coefficient (Wildman–Crippen LogP) is -0.974. The van der Waals surface area contributed by atoms with E-state index >= 15 is 0 Å². The molecule has 0 atom stereocenters. The van der Waals surface area contributed by atoms with E-state index in [1.165, 1.54) is 0 Å². The van der Waals surface area contributed by atoms with Crippen LogP contribution in [0.1, 0.15) is 6.42 Å². The van der Waals surface area contributed by atoms with Crippen molar-refractivity contribution in [3.8, 4) is 0 Å². The van der Waals surface area contributed by atoms with E-state index in [4.69, 9.17) is 0 Å². The van der Waals surface area contributed by atoms with Gasteiger partial charge in [-0.25, -0.2) is 5.43 Å². The lowest BCUT2D eigenvalue weighted by atomic mass is 10.5. The van der Waals surface area contributed by atoms with Gasteiger partial charge in [-0.2, -0.15) is 5.43 Å². The number of carbonyl (C=O) groups is 1. The van der Waals surface area contributed by atoms with Gasteiger partial charge in [0.15, 0.2) is 0 Å². The van der Waals surface area contributed by atoms with Crippen molar-refractivity contribution in [2.75, 3.05) is 6.54 Å². The van der Waals surface area contributed by atoms with Gasteiger partial charge in [0.05, 0.1) is 0 Å². The maximum atomic E-state index is 10.0. The molecule has 0 saturated carbocycles. The van der Waals surface area contributed by atoms with E-state index in [0.717, 1.165) is 6.54 Å². The lowest BCUT2D eigenvalue weighted by molar-refractivity contribution is -0.119. The van der Waals surface area contributed by atoms with E-state index in [1.807, 2.05) is 0 Å². The van der Waals surface area contributed by atoms with Crippen LogP contribution in [0.2, 0.25) is 0 Å². The average molecular weight is 85.1 g/mol. The van der Waals surface area contributed by atoms with Crippen molar-refractivity contribution >= 4 is 5.91 Å². The van der Waals surface area contributed by atoms with Crippen molar-refractivity contribution in [3.05, 3.63) is 0 Å². The molecule has 33 valence electrons. The molecule has 1 fully saturated rings. The average Bonchev–Trinajstić information content (AvgIpc) is 1.86. The number of amides is 1. The minimum absolute atomic E-state index is 0.0324. The zero-order valence-corrected chi connectivity index (χ0v) is 3.27. The molecule has 1 saturated heterocycles. The van der Waals surface area contributed by atoms with Gasteiger partial charge in [0.2, 0.25) is 0 Å². The van der Waals surface area contributed by atoms with E-state index in [9.17, 15) is 4.79 Å². The molecule has 1 radical (unpaired) electrons. The molecule has 0 aliphatic carbocycles. The molecule has 1 rings (SSSR count). The minimum atomic E-state index is -0.0324. The Morgan fingerprint density at radius 3 is 2.83 bits per heavy atom. The highest BCUT2D eigenvalue weighted by Crippen LogP contribution is 1.81. The summed E-state index contributed by atoms with van der Waals surface area (Å²) in [4.78, 5) is 10.0. The second-order valence-electron chi connectivity index (χ2n) is 1.16. The van der Waals surface area contributed by atoms with E-state index < -0.39 is 0 Å². The molecule has 3 nitrogen and oxygen atoms in total. The van der Waals surface area contributed by atoms with Crippen LogP contribution in [0.3, 0.4) is 0 Å². The first-order chi connectivity index (χ1) is 2.89. The highest BCUT2D eigenvalue weighted by molar-refractivity contribution is 5.76. The van der Waals surface area contributed by atoms with Crippen LogP contribution < -0.4 is 10.9 Å². The SMILES string of the molecule is O=C1CCN[N]1. The smallest absolute Gasteiger partial charge is 0.258 e. The van der Waals surface area contributed by atoms with Gasteiger partial charge in [0, 0.05) is 13.0 Å². The molecule has 0 unspecified atom stereocenters. The van der Waals surface area contributed by atoms with Gasteiger partial charge in [-0.1, -0.05) is 0 Å². The Balaban J connectivity index is 2.37. The summed E-state index contributed by atoms with van der Waals surface area (Å²) in [5.41, 5.74) is 5.89. The summed E-state index contributed by atoms with van der Waals surface area (Å²) in [6, 6.07) is 0. The molecule has 1 aliphatic rings. The van der Waals surface area contributed by atoms with Crippen LogP contribution >= 0.6 is 0 Å². The summed E-state index contributed by atoms with van der Waals surface area (Å²) in [6.07, 6.45) is 0.569. The van der Waals surface area contributed by atoms with Crippen LogP contribution in [0.25, 0.3) is 0 Å². The lowest BCUT2D eigenvalue weighted by Crippen LogP contribution is -2.16. The van der Waals surface area contributed by atoms with Crippen LogP contribution in [0.15, 0.2) is 0 Å². The van der Waals surface area contributed by atoms with Gasteiger partial charge >= 0.3 is 0 Å². The highest BCUT2D eigenvalue weighted by atomic mass is 16.2. The molecule has 6 heavy (non-hydrogen) atoms. The molecule has 0 spiro atoms. The molecule has 3 heteroatoms. The monoisotopic (exact) mass is 85.0 g/mol. The van der Waals surface area contributed by atoms with Gasteiger partial charge in [0.25, 0.3) is 5.91 Å². The van der Waals surface area contributed by atoms with Crippen molar-refractivity contribution in [1.82, 2.24) is 10.9 Å². The molecule has 0 aromatic carbocycles. The number of carbonyl (C=O) groups excluding carboxylic acids is 1. The van der Waals surface area contributed by atoms with E-state index in [0.29, 0.717) is 6.42 Å². The molecule has 0 bridgehead atoms. The highest BCUT2D eigenvalue weighted by Gasteiger charge is 2.07. The van der Waals surface area contributed by atoms with Gasteiger partial charge in [0.1, 0.15) is 0 Å². The number of hydrogen-bond acceptors (Lipinski definition) is 2. The summed E-state index contributed by atoms with van der Waals surface area (Å²) in [6.45, 7) is 0.721. The maximum Gasteiger partial charge on any atom is 0.258 e. The largest absolute Gasteiger partial charge is 0.271 e. The summed E-state index contributed by atoms with van der Waals surface area (Å²) >= 11 is 0. The third-order valence-electron chi connectivity index (χ3n) is 0.654. The minimum Gasteiger partial charge on any atom is -0.271 e. The number of nitrogens with zero attached hydrogens (tertiary/aromatic N) is 1. The van der Waals surface area contributed by atoms with Gasteiger partial charge < -0.3 is 0 Å². The Kier molecular flexibility index (Phi) is 0.759. The third kappa shape index (κ3) is 0.490. The number of rotatable bonds is 0. The van der Waals surface area contributed by atoms with Gasteiger partial charge in [-0.3, -0.25) is 4.79 Å². The molecule has 1 heterocycles. The molecule has 1 N–H and O–H groups in total. The topological polar surface area (TPSA) is 43.2 Å². The first-order valence-corrected chi connectivity index (χ1v) is 1.86. The Labute approximate surface area is 35.7 Å². The van der Waals surface area contributed by atoms with Crippen molar-refractivity contribution in [1.29, 1.82) is 0 Å². The van der Waals surface area contributed by atoms with Crippen LogP contribution in [0, 0.1) is 0 Å². The molecular formula is C3H5N2O. The maximum absolute atomic E-state index is 10.0. The fourth-order valence-corrected chi connectivity index (χ4v) is 0.363. The van der Waals surface area contributed by atoms with Crippen LogP contribution in [-0.2, 0) is 4.79 Å². The first-order valence-electron chi connectivity index (χ1n) is 1.86. The summed E-state index contributed by atoms with van der Waals surface area (Å²) in [5.74, 6) is -0.0324. The fourth-order valence-electron chi connectivity index (χ4n) is 0.363. The van der Waals surface area contributed by atoms with Crippen LogP contribution in [0.5, 0.6) is 0 Å². The van der Waals surface area contributed by atoms with Gasteiger partial charge in [-0.05, 0) is 0 Å². The van der Waals surface area contributed by atoms with Crippen LogP contribution in [0.4, 0.5) is 0 Å². The quantitative estimate of drug-likeness (QED) is 0.411. The molecular weight excluding hydrogens is 80.0 g/mol. The summed E-state index contributed by atoms with van der Waals surface area (Å²) in [7, 11) is 0. The second kappa shape index (κ2) is 1.26. The Morgan fingerprint density at radius 1 is 1.83 bits per heavy atom. The van der Waals surface area contributed by atoms with Crippen molar-refractivity contribution in [2.24, 2.45) is 0 Å². The molecule has 0 aromatic heterocycles. The summed E-state index contributed by atoms with van der Waals surface area (Å²) in [5, 5.41) is 0. The Bertz CT molecular complexity index is 63.2. The van der Waals surface area contributed by atoms with E-state index in [1.54, 1.807) is 0 Å². The second-order valence-corrected chi connectivity index (χ2v) is 1.16. The fraction of sp³-hybridized carbons (Fsp3) is 0.667. The molecule has 0 aromatic rings. The number of nitrogens with one attached hydrogen (secondary N) is 1. The summed E-state index contributed by atoms with van der Waals surface area (Å²) < 4.78 is 0.